The minimum Gasteiger partial charge on any atom is -0.381 e. The van der Waals surface area contributed by atoms with E-state index in [0.717, 1.165) is 91.2 Å². The van der Waals surface area contributed by atoms with Crippen LogP contribution in [-0.4, -0.2) is 92.5 Å². The van der Waals surface area contributed by atoms with E-state index in [1.165, 1.54) is 0 Å². The normalized spacial score (nSPS) is 33.3. The third-order valence-corrected chi connectivity index (χ3v) is 6.26. The fraction of sp³-hybridized carbons (Fsp3) is 0.944. The summed E-state index contributed by atoms with van der Waals surface area (Å²) in [7, 11) is 0. The van der Waals surface area contributed by atoms with Gasteiger partial charge in [0.05, 0.1) is 13.2 Å². The average Bonchev–Trinajstić information content (AvgIpc) is 3.24. The summed E-state index contributed by atoms with van der Waals surface area (Å²) in [5.74, 6) is 0. The number of hydrogen-bond donors (Lipinski definition) is 0. The summed E-state index contributed by atoms with van der Waals surface area (Å²) in [5, 5.41) is 0. The van der Waals surface area contributed by atoms with Gasteiger partial charge in [0.2, 0.25) is 0 Å². The largest absolute Gasteiger partial charge is 0.381 e. The van der Waals surface area contributed by atoms with Gasteiger partial charge in [-0.1, -0.05) is 0 Å². The van der Waals surface area contributed by atoms with Gasteiger partial charge in [0.25, 0.3) is 0 Å². The molecule has 4 fully saturated rings. The molecule has 0 aromatic rings. The number of nitrogens with zero attached hydrogens (tertiary/aromatic N) is 3. The standard InChI is InChI=1S/C18H31N3O3/c22-17(19-6-1-2-7-19)21-9-12-24-15-18(14-21)5-8-20(13-18)16-3-10-23-11-4-16/h16H,1-15H2/t18-/m0/s1. The molecule has 6 heteroatoms. The summed E-state index contributed by atoms with van der Waals surface area (Å²) in [5.41, 5.74) is 0.129. The van der Waals surface area contributed by atoms with Crippen LogP contribution >= 0.6 is 0 Å². The second-order valence-electron chi connectivity index (χ2n) is 8.01. The number of rotatable bonds is 1. The van der Waals surface area contributed by atoms with E-state index in [1.54, 1.807) is 0 Å². The topological polar surface area (TPSA) is 45.2 Å². The van der Waals surface area contributed by atoms with Crippen LogP contribution in [0.25, 0.3) is 0 Å². The highest BCUT2D eigenvalue weighted by Crippen LogP contribution is 2.36. The van der Waals surface area contributed by atoms with Crippen molar-refractivity contribution in [3.05, 3.63) is 0 Å². The summed E-state index contributed by atoms with van der Waals surface area (Å²) >= 11 is 0. The molecule has 24 heavy (non-hydrogen) atoms. The molecule has 0 saturated carbocycles. The Labute approximate surface area is 145 Å². The lowest BCUT2D eigenvalue weighted by Crippen LogP contribution is -2.48. The van der Waals surface area contributed by atoms with Crippen LogP contribution in [0.5, 0.6) is 0 Å². The van der Waals surface area contributed by atoms with Gasteiger partial charge < -0.3 is 19.3 Å². The maximum absolute atomic E-state index is 12.8. The number of amides is 2. The highest BCUT2D eigenvalue weighted by atomic mass is 16.5. The van der Waals surface area contributed by atoms with Crippen molar-refractivity contribution in [1.29, 1.82) is 0 Å². The highest BCUT2D eigenvalue weighted by molar-refractivity contribution is 5.74. The molecule has 0 radical (unpaired) electrons. The van der Waals surface area contributed by atoms with Gasteiger partial charge in [-0.25, -0.2) is 4.79 Å². The quantitative estimate of drug-likeness (QED) is 0.726. The second kappa shape index (κ2) is 7.18. The zero-order valence-corrected chi connectivity index (χ0v) is 14.8. The molecule has 136 valence electrons. The Morgan fingerprint density at radius 2 is 1.67 bits per heavy atom. The molecule has 0 aliphatic carbocycles. The number of hydrogen-bond acceptors (Lipinski definition) is 4. The van der Waals surface area contributed by atoms with E-state index in [0.29, 0.717) is 12.6 Å². The molecule has 0 N–H and O–H groups in total. The second-order valence-corrected chi connectivity index (χ2v) is 8.01. The van der Waals surface area contributed by atoms with Gasteiger partial charge in [0.1, 0.15) is 0 Å². The Hall–Kier alpha value is -0.850. The fourth-order valence-electron chi connectivity index (χ4n) is 4.84. The average molecular weight is 337 g/mol. The van der Waals surface area contributed by atoms with Gasteiger partial charge in [-0.05, 0) is 38.6 Å². The molecule has 0 unspecified atom stereocenters. The Balaban J connectivity index is 1.41. The van der Waals surface area contributed by atoms with Crippen LogP contribution in [0.2, 0.25) is 0 Å². The minimum atomic E-state index is 0.129. The summed E-state index contributed by atoms with van der Waals surface area (Å²) in [6, 6.07) is 0.894. The molecule has 1 atom stereocenters. The van der Waals surface area contributed by atoms with E-state index in [1.807, 2.05) is 4.90 Å². The van der Waals surface area contributed by atoms with Gasteiger partial charge in [-0.2, -0.15) is 0 Å². The molecule has 0 bridgehead atoms. The highest BCUT2D eigenvalue weighted by Gasteiger charge is 2.44. The molecule has 4 aliphatic rings. The van der Waals surface area contributed by atoms with E-state index < -0.39 is 0 Å². The van der Waals surface area contributed by atoms with Crippen molar-refractivity contribution in [2.24, 2.45) is 5.41 Å². The Kier molecular flexibility index (Phi) is 4.97. The SMILES string of the molecule is O=C(N1CCCC1)N1CCOC[C@]2(CCN(C3CCOCC3)C2)C1. The summed E-state index contributed by atoms with van der Waals surface area (Å²) < 4.78 is 11.5. The molecule has 4 rings (SSSR count). The molecular formula is C18H31N3O3. The first kappa shape index (κ1) is 16.6. The van der Waals surface area contributed by atoms with Gasteiger partial charge in [0, 0.05) is 57.4 Å². The van der Waals surface area contributed by atoms with Crippen molar-refractivity contribution in [1.82, 2.24) is 14.7 Å². The van der Waals surface area contributed by atoms with Crippen molar-refractivity contribution in [2.75, 3.05) is 65.7 Å². The smallest absolute Gasteiger partial charge is 0.320 e. The lowest BCUT2D eigenvalue weighted by molar-refractivity contribution is 0.0289. The number of likely N-dealkylation sites (tertiary alicyclic amines) is 2. The summed E-state index contributed by atoms with van der Waals surface area (Å²) in [6.45, 7) is 8.94. The summed E-state index contributed by atoms with van der Waals surface area (Å²) in [4.78, 5) is 19.6. The third-order valence-electron chi connectivity index (χ3n) is 6.26. The minimum absolute atomic E-state index is 0.129. The van der Waals surface area contributed by atoms with Crippen LogP contribution < -0.4 is 0 Å². The molecule has 2 amide bonds. The van der Waals surface area contributed by atoms with E-state index in [-0.39, 0.29) is 11.4 Å². The van der Waals surface area contributed by atoms with Crippen molar-refractivity contribution in [3.8, 4) is 0 Å². The van der Waals surface area contributed by atoms with Crippen molar-refractivity contribution >= 4 is 6.03 Å². The third kappa shape index (κ3) is 3.41. The maximum Gasteiger partial charge on any atom is 0.320 e. The summed E-state index contributed by atoms with van der Waals surface area (Å²) in [6.07, 6.45) is 5.74. The molecule has 4 saturated heterocycles. The molecule has 4 aliphatic heterocycles. The zero-order valence-electron chi connectivity index (χ0n) is 14.8. The number of ether oxygens (including phenoxy) is 2. The van der Waals surface area contributed by atoms with E-state index in [9.17, 15) is 4.79 Å². The van der Waals surface area contributed by atoms with Crippen LogP contribution in [0.3, 0.4) is 0 Å². The predicted molar refractivity (Wildman–Crippen MR) is 91.1 cm³/mol. The molecule has 6 nitrogen and oxygen atoms in total. The van der Waals surface area contributed by atoms with Crippen LogP contribution in [0, 0.1) is 5.41 Å². The fourth-order valence-corrected chi connectivity index (χ4v) is 4.84. The van der Waals surface area contributed by atoms with Gasteiger partial charge in [-0.3, -0.25) is 4.90 Å². The Morgan fingerprint density at radius 1 is 0.875 bits per heavy atom. The first-order valence-electron chi connectivity index (χ1n) is 9.69. The maximum atomic E-state index is 12.8. The van der Waals surface area contributed by atoms with Crippen LogP contribution in [0.4, 0.5) is 4.79 Å². The first-order chi connectivity index (χ1) is 11.8. The van der Waals surface area contributed by atoms with Crippen LogP contribution in [0.15, 0.2) is 0 Å². The van der Waals surface area contributed by atoms with E-state index in [4.69, 9.17) is 9.47 Å². The number of carbonyl (C=O) groups excluding carboxylic acids is 1. The first-order valence-corrected chi connectivity index (χ1v) is 9.69. The molecule has 0 aromatic carbocycles. The number of carbonyl (C=O) groups is 1. The van der Waals surface area contributed by atoms with Crippen molar-refractivity contribution < 1.29 is 14.3 Å². The Bertz CT molecular complexity index is 449. The van der Waals surface area contributed by atoms with Gasteiger partial charge in [-0.15, -0.1) is 0 Å². The molecule has 1 spiro atoms. The lowest BCUT2D eigenvalue weighted by Gasteiger charge is -2.36. The molecular weight excluding hydrogens is 306 g/mol. The van der Waals surface area contributed by atoms with E-state index >= 15 is 0 Å². The number of urea groups is 1. The van der Waals surface area contributed by atoms with Gasteiger partial charge >= 0.3 is 6.03 Å². The molecule has 4 heterocycles. The predicted octanol–water partition coefficient (Wildman–Crippen LogP) is 1.41. The lowest BCUT2D eigenvalue weighted by atomic mass is 9.87. The van der Waals surface area contributed by atoms with Crippen LogP contribution in [-0.2, 0) is 9.47 Å². The van der Waals surface area contributed by atoms with Crippen LogP contribution in [0.1, 0.15) is 32.1 Å². The van der Waals surface area contributed by atoms with Crippen molar-refractivity contribution in [2.45, 2.75) is 38.1 Å². The zero-order chi connectivity index (χ0) is 16.4. The van der Waals surface area contributed by atoms with Crippen molar-refractivity contribution in [3.63, 3.8) is 0 Å². The van der Waals surface area contributed by atoms with Gasteiger partial charge in [0.15, 0.2) is 0 Å². The molecule has 0 aromatic heterocycles. The van der Waals surface area contributed by atoms with E-state index in [2.05, 4.69) is 9.80 Å². The monoisotopic (exact) mass is 337 g/mol. The Morgan fingerprint density at radius 3 is 2.46 bits per heavy atom.